The van der Waals surface area contributed by atoms with Gasteiger partial charge in [-0.15, -0.1) is 0 Å². The van der Waals surface area contributed by atoms with Gasteiger partial charge in [-0.05, 0) is 42.7 Å². The molecule has 1 aromatic heterocycles. The number of halogens is 1. The molecule has 1 aliphatic heterocycles. The number of ether oxygens (including phenoxy) is 4. The van der Waals surface area contributed by atoms with Crippen molar-refractivity contribution < 1.29 is 32.9 Å². The SMILES string of the molecule is COc1cc2c(Oc3ccc(N(CCc4ccccc4)C(=O)C(N)=O)cc3F)ccnc2cc1OCCCN1CCOCC1. The van der Waals surface area contributed by atoms with E-state index in [1.807, 2.05) is 30.3 Å². The molecule has 3 aromatic carbocycles. The highest BCUT2D eigenvalue weighted by atomic mass is 19.1. The second-order valence-corrected chi connectivity index (χ2v) is 10.3. The molecule has 4 aromatic rings. The molecule has 2 N–H and O–H groups in total. The van der Waals surface area contributed by atoms with Gasteiger partial charge in [0.15, 0.2) is 23.1 Å². The molecule has 0 saturated carbocycles. The predicted molar refractivity (Wildman–Crippen MR) is 164 cm³/mol. The van der Waals surface area contributed by atoms with Crippen LogP contribution in [0.2, 0.25) is 0 Å². The van der Waals surface area contributed by atoms with E-state index in [9.17, 15) is 9.59 Å². The monoisotopic (exact) mass is 602 g/mol. The van der Waals surface area contributed by atoms with E-state index in [4.69, 9.17) is 24.7 Å². The Hall–Kier alpha value is -4.74. The molecule has 0 aliphatic carbocycles. The number of anilines is 1. The zero-order valence-corrected chi connectivity index (χ0v) is 24.5. The third kappa shape index (κ3) is 7.61. The molecule has 0 unspecified atom stereocenters. The number of aromatic nitrogens is 1. The van der Waals surface area contributed by atoms with Gasteiger partial charge in [-0.2, -0.15) is 0 Å². The summed E-state index contributed by atoms with van der Waals surface area (Å²) < 4.78 is 38.4. The highest BCUT2D eigenvalue weighted by Crippen LogP contribution is 2.38. The van der Waals surface area contributed by atoms with Crippen molar-refractivity contribution >= 4 is 28.4 Å². The molecule has 1 saturated heterocycles. The fraction of sp³-hybridized carbons (Fsp3) is 0.303. The molecule has 2 heterocycles. The van der Waals surface area contributed by atoms with Gasteiger partial charge in [-0.1, -0.05) is 30.3 Å². The molecular weight excluding hydrogens is 567 g/mol. The lowest BCUT2D eigenvalue weighted by molar-refractivity contribution is -0.135. The summed E-state index contributed by atoms with van der Waals surface area (Å²) in [4.78, 5) is 32.3. The Kier molecular flexibility index (Phi) is 10.2. The Morgan fingerprint density at radius 2 is 1.80 bits per heavy atom. The molecule has 1 aliphatic rings. The first-order valence-electron chi connectivity index (χ1n) is 14.4. The number of methoxy groups -OCH3 is 1. The van der Waals surface area contributed by atoms with Crippen molar-refractivity contribution in [2.24, 2.45) is 5.73 Å². The molecule has 0 bridgehead atoms. The molecular formula is C33H35FN4O6. The zero-order valence-electron chi connectivity index (χ0n) is 24.5. The van der Waals surface area contributed by atoms with E-state index in [-0.39, 0.29) is 18.0 Å². The lowest BCUT2D eigenvalue weighted by atomic mass is 10.1. The molecule has 0 radical (unpaired) electrons. The number of amides is 2. The smallest absolute Gasteiger partial charge is 0.316 e. The number of pyridine rings is 1. The third-order valence-corrected chi connectivity index (χ3v) is 7.34. The maximum Gasteiger partial charge on any atom is 0.316 e. The van der Waals surface area contributed by atoms with Crippen LogP contribution < -0.4 is 24.8 Å². The number of benzene rings is 3. The van der Waals surface area contributed by atoms with Gasteiger partial charge < -0.3 is 29.6 Å². The minimum Gasteiger partial charge on any atom is -0.493 e. The van der Waals surface area contributed by atoms with E-state index in [2.05, 4.69) is 9.88 Å². The standard InChI is InChI=1S/C33H35FN4O6/c1-41-30-21-25-27(22-31(30)43-17-5-13-37-15-18-42-19-16-37)36-12-10-28(25)44-29-9-8-24(20-26(29)34)38(33(40)32(35)39)14-11-23-6-3-2-4-7-23/h2-4,6-10,12,20-22H,5,11,13-19H2,1H3,(H2,35,39). The van der Waals surface area contributed by atoms with E-state index in [1.165, 1.54) is 12.1 Å². The predicted octanol–water partition coefficient (Wildman–Crippen LogP) is 4.34. The van der Waals surface area contributed by atoms with Crippen molar-refractivity contribution in [2.75, 3.05) is 58.0 Å². The summed E-state index contributed by atoms with van der Waals surface area (Å²) >= 11 is 0. The summed E-state index contributed by atoms with van der Waals surface area (Å²) in [6.07, 6.45) is 2.86. The van der Waals surface area contributed by atoms with Crippen molar-refractivity contribution in [3.63, 3.8) is 0 Å². The molecule has 0 spiro atoms. The van der Waals surface area contributed by atoms with Crippen molar-refractivity contribution in [3.8, 4) is 23.0 Å². The Morgan fingerprint density at radius 1 is 1.00 bits per heavy atom. The van der Waals surface area contributed by atoms with Crippen LogP contribution in [0.15, 0.2) is 72.9 Å². The molecule has 1 fully saturated rings. The average molecular weight is 603 g/mol. The number of rotatable bonds is 12. The molecule has 11 heteroatoms. The van der Waals surface area contributed by atoms with E-state index in [0.29, 0.717) is 41.2 Å². The van der Waals surface area contributed by atoms with Gasteiger partial charge in [0.25, 0.3) is 0 Å². The molecule has 230 valence electrons. The molecule has 10 nitrogen and oxygen atoms in total. The van der Waals surface area contributed by atoms with Crippen LogP contribution in [0.5, 0.6) is 23.0 Å². The summed E-state index contributed by atoms with van der Waals surface area (Å²) in [6, 6.07) is 18.7. The Morgan fingerprint density at radius 3 is 2.52 bits per heavy atom. The lowest BCUT2D eigenvalue weighted by Gasteiger charge is -2.26. The Balaban J connectivity index is 1.31. The number of hydrogen-bond donors (Lipinski definition) is 1. The van der Waals surface area contributed by atoms with Gasteiger partial charge in [0, 0.05) is 55.6 Å². The maximum absolute atomic E-state index is 15.4. The summed E-state index contributed by atoms with van der Waals surface area (Å²) in [5.41, 5.74) is 7.01. The van der Waals surface area contributed by atoms with Gasteiger partial charge in [0.2, 0.25) is 0 Å². The van der Waals surface area contributed by atoms with Gasteiger partial charge in [-0.3, -0.25) is 19.5 Å². The highest BCUT2D eigenvalue weighted by Gasteiger charge is 2.22. The quantitative estimate of drug-likeness (QED) is 0.188. The van der Waals surface area contributed by atoms with Crippen LogP contribution in [0.25, 0.3) is 10.9 Å². The summed E-state index contributed by atoms with van der Waals surface area (Å²) in [7, 11) is 1.55. The van der Waals surface area contributed by atoms with Crippen molar-refractivity contribution in [3.05, 3.63) is 84.3 Å². The van der Waals surface area contributed by atoms with Crippen LogP contribution in [-0.2, 0) is 20.7 Å². The second kappa shape index (κ2) is 14.6. The Labute approximate surface area is 255 Å². The van der Waals surface area contributed by atoms with Gasteiger partial charge >= 0.3 is 11.8 Å². The first kappa shape index (κ1) is 30.7. The zero-order chi connectivity index (χ0) is 30.9. The number of primary amides is 1. The molecule has 5 rings (SSSR count). The van der Waals surface area contributed by atoms with Gasteiger partial charge in [0.1, 0.15) is 5.75 Å². The lowest BCUT2D eigenvalue weighted by Crippen LogP contribution is -2.41. The van der Waals surface area contributed by atoms with E-state index < -0.39 is 17.6 Å². The number of carbonyl (C=O) groups excluding carboxylic acids is 2. The Bertz CT molecular complexity index is 1600. The van der Waals surface area contributed by atoms with Crippen LogP contribution in [0.4, 0.5) is 10.1 Å². The van der Waals surface area contributed by atoms with Crippen LogP contribution in [0.1, 0.15) is 12.0 Å². The average Bonchev–Trinajstić information content (AvgIpc) is 3.05. The fourth-order valence-electron chi connectivity index (χ4n) is 5.01. The largest absolute Gasteiger partial charge is 0.493 e. The number of nitrogens with zero attached hydrogens (tertiary/aromatic N) is 3. The first-order valence-corrected chi connectivity index (χ1v) is 14.4. The third-order valence-electron chi connectivity index (χ3n) is 7.34. The summed E-state index contributed by atoms with van der Waals surface area (Å²) in [6.45, 7) is 4.92. The maximum atomic E-state index is 15.4. The number of morpholine rings is 1. The van der Waals surface area contributed by atoms with Crippen LogP contribution in [-0.4, -0.2) is 74.8 Å². The van der Waals surface area contributed by atoms with E-state index >= 15 is 4.39 Å². The summed E-state index contributed by atoms with van der Waals surface area (Å²) in [5.74, 6) is -1.45. The minimum absolute atomic E-state index is 0.0711. The topological polar surface area (TPSA) is 116 Å². The van der Waals surface area contributed by atoms with Crippen LogP contribution in [0, 0.1) is 5.82 Å². The number of fused-ring (bicyclic) bond motifs is 1. The van der Waals surface area contributed by atoms with Gasteiger partial charge in [-0.25, -0.2) is 4.39 Å². The molecule has 0 atom stereocenters. The van der Waals surface area contributed by atoms with Crippen LogP contribution in [0.3, 0.4) is 0 Å². The first-order chi connectivity index (χ1) is 21.4. The van der Waals surface area contributed by atoms with E-state index in [0.717, 1.165) is 55.8 Å². The van der Waals surface area contributed by atoms with Crippen molar-refractivity contribution in [2.45, 2.75) is 12.8 Å². The second-order valence-electron chi connectivity index (χ2n) is 10.3. The van der Waals surface area contributed by atoms with Crippen LogP contribution >= 0.6 is 0 Å². The normalized spacial score (nSPS) is 13.4. The number of carbonyl (C=O) groups is 2. The molecule has 44 heavy (non-hydrogen) atoms. The number of nitrogens with two attached hydrogens (primary N) is 1. The fourth-order valence-corrected chi connectivity index (χ4v) is 5.01. The van der Waals surface area contributed by atoms with E-state index in [1.54, 1.807) is 31.5 Å². The minimum atomic E-state index is -1.13. The molecule has 2 amide bonds. The van der Waals surface area contributed by atoms with Gasteiger partial charge in [0.05, 0.1) is 32.4 Å². The summed E-state index contributed by atoms with van der Waals surface area (Å²) in [5, 5.41) is 0.599. The number of hydrogen-bond acceptors (Lipinski definition) is 8. The van der Waals surface area contributed by atoms with Crippen molar-refractivity contribution in [1.82, 2.24) is 9.88 Å². The van der Waals surface area contributed by atoms with Crippen molar-refractivity contribution in [1.29, 1.82) is 0 Å². The highest BCUT2D eigenvalue weighted by molar-refractivity contribution is 6.39.